The zero-order valence-electron chi connectivity index (χ0n) is 11.6. The maximum absolute atomic E-state index is 12.0. The minimum Gasteiger partial charge on any atom is -0.478 e. The molecule has 0 amide bonds. The zero-order chi connectivity index (χ0) is 15.3. The minimum atomic E-state index is -3.58. The van der Waals surface area contributed by atoms with Gasteiger partial charge in [-0.3, -0.25) is 4.72 Å². The van der Waals surface area contributed by atoms with E-state index in [0.717, 1.165) is 6.08 Å². The van der Waals surface area contributed by atoms with Crippen LogP contribution in [0.1, 0.15) is 19.4 Å². The maximum Gasteiger partial charge on any atom is 0.328 e. The summed E-state index contributed by atoms with van der Waals surface area (Å²) in [6.07, 6.45) is 2.45. The highest BCUT2D eigenvalue weighted by Crippen LogP contribution is 2.14. The molecular formula is C13H18N2O4S. The molecule has 0 saturated carbocycles. The van der Waals surface area contributed by atoms with Crippen LogP contribution in [0.3, 0.4) is 0 Å². The molecule has 0 spiro atoms. The Morgan fingerprint density at radius 3 is 2.30 bits per heavy atom. The Bertz CT molecular complexity index is 591. The summed E-state index contributed by atoms with van der Waals surface area (Å²) < 4.78 is 27.6. The predicted octanol–water partition coefficient (Wildman–Crippen LogP) is 1.78. The summed E-state index contributed by atoms with van der Waals surface area (Å²) in [6, 6.07) is 6.27. The van der Waals surface area contributed by atoms with E-state index in [9.17, 15) is 13.2 Å². The van der Waals surface area contributed by atoms with Gasteiger partial charge in [-0.05, 0) is 37.6 Å². The number of hydrogen-bond donors (Lipinski definition) is 2. The molecule has 6 nitrogen and oxygen atoms in total. The second kappa shape index (κ2) is 6.53. The van der Waals surface area contributed by atoms with Gasteiger partial charge in [0.15, 0.2) is 0 Å². The molecule has 20 heavy (non-hydrogen) atoms. The normalized spacial score (nSPS) is 12.2. The molecule has 110 valence electrons. The highest BCUT2D eigenvalue weighted by molar-refractivity contribution is 7.90. The van der Waals surface area contributed by atoms with Gasteiger partial charge in [0, 0.05) is 24.9 Å². The molecule has 0 atom stereocenters. The largest absolute Gasteiger partial charge is 0.478 e. The van der Waals surface area contributed by atoms with Crippen LogP contribution in [-0.2, 0) is 15.0 Å². The van der Waals surface area contributed by atoms with Crippen molar-refractivity contribution in [2.45, 2.75) is 19.9 Å². The van der Waals surface area contributed by atoms with E-state index in [-0.39, 0.29) is 6.04 Å². The average molecular weight is 298 g/mol. The van der Waals surface area contributed by atoms with Crippen LogP contribution in [0.5, 0.6) is 0 Å². The SMILES string of the molecule is CC(C)N(C)S(=O)(=O)Nc1ccc(C=CC(=O)O)cc1. The van der Waals surface area contributed by atoms with Crippen molar-refractivity contribution in [3.05, 3.63) is 35.9 Å². The van der Waals surface area contributed by atoms with E-state index < -0.39 is 16.2 Å². The van der Waals surface area contributed by atoms with Gasteiger partial charge in [-0.25, -0.2) is 4.79 Å². The Hall–Kier alpha value is -1.86. The first-order valence-electron chi connectivity index (χ1n) is 5.99. The fraction of sp³-hybridized carbons (Fsp3) is 0.308. The van der Waals surface area contributed by atoms with Crippen molar-refractivity contribution in [2.75, 3.05) is 11.8 Å². The van der Waals surface area contributed by atoms with E-state index in [2.05, 4.69) is 4.72 Å². The smallest absolute Gasteiger partial charge is 0.328 e. The third-order valence-corrected chi connectivity index (χ3v) is 4.36. The van der Waals surface area contributed by atoms with Gasteiger partial charge in [0.05, 0.1) is 0 Å². The van der Waals surface area contributed by atoms with Gasteiger partial charge in [0.25, 0.3) is 0 Å². The van der Waals surface area contributed by atoms with E-state index >= 15 is 0 Å². The van der Waals surface area contributed by atoms with E-state index in [0.29, 0.717) is 11.3 Å². The van der Waals surface area contributed by atoms with Crippen molar-refractivity contribution < 1.29 is 18.3 Å². The predicted molar refractivity (Wildman–Crippen MR) is 78.6 cm³/mol. The summed E-state index contributed by atoms with van der Waals surface area (Å²) in [5.74, 6) is -1.03. The van der Waals surface area contributed by atoms with Crippen LogP contribution in [0.2, 0.25) is 0 Å². The highest BCUT2D eigenvalue weighted by atomic mass is 32.2. The zero-order valence-corrected chi connectivity index (χ0v) is 12.4. The van der Waals surface area contributed by atoms with Gasteiger partial charge in [-0.1, -0.05) is 12.1 Å². The van der Waals surface area contributed by atoms with Gasteiger partial charge in [-0.2, -0.15) is 12.7 Å². The summed E-state index contributed by atoms with van der Waals surface area (Å²) >= 11 is 0. The molecular weight excluding hydrogens is 280 g/mol. The summed E-state index contributed by atoms with van der Waals surface area (Å²) in [6.45, 7) is 3.55. The number of nitrogens with zero attached hydrogens (tertiary/aromatic N) is 1. The molecule has 0 unspecified atom stereocenters. The van der Waals surface area contributed by atoms with Crippen LogP contribution in [0, 0.1) is 0 Å². The van der Waals surface area contributed by atoms with Crippen LogP contribution < -0.4 is 4.72 Å². The molecule has 0 aromatic heterocycles. The molecule has 0 aliphatic rings. The number of carbonyl (C=O) groups is 1. The van der Waals surface area contributed by atoms with Gasteiger partial charge >= 0.3 is 16.2 Å². The molecule has 7 heteroatoms. The molecule has 0 radical (unpaired) electrons. The summed E-state index contributed by atoms with van der Waals surface area (Å²) in [5.41, 5.74) is 1.09. The third kappa shape index (κ3) is 4.67. The van der Waals surface area contributed by atoms with E-state index in [1.54, 1.807) is 38.1 Å². The molecule has 0 aliphatic carbocycles. The molecule has 0 heterocycles. The number of benzene rings is 1. The number of nitrogens with one attached hydrogen (secondary N) is 1. The fourth-order valence-corrected chi connectivity index (χ4v) is 2.46. The number of carboxylic acid groups (broad SMARTS) is 1. The second-order valence-electron chi connectivity index (χ2n) is 4.51. The van der Waals surface area contributed by atoms with Crippen LogP contribution in [0.25, 0.3) is 6.08 Å². The Kier molecular flexibility index (Phi) is 5.29. The molecule has 0 fully saturated rings. The van der Waals surface area contributed by atoms with Gasteiger partial charge < -0.3 is 5.11 Å². The second-order valence-corrected chi connectivity index (χ2v) is 6.24. The summed E-state index contributed by atoms with van der Waals surface area (Å²) in [7, 11) is -2.08. The monoisotopic (exact) mass is 298 g/mol. The number of rotatable bonds is 6. The fourth-order valence-electron chi connectivity index (χ4n) is 1.33. The van der Waals surface area contributed by atoms with Gasteiger partial charge in [0.1, 0.15) is 0 Å². The van der Waals surface area contributed by atoms with E-state index in [1.807, 2.05) is 0 Å². The number of anilines is 1. The van der Waals surface area contributed by atoms with Crippen molar-refractivity contribution in [3.8, 4) is 0 Å². The molecule has 1 aromatic rings. The average Bonchev–Trinajstić information content (AvgIpc) is 2.36. The Labute approximate surface area is 118 Å². The van der Waals surface area contributed by atoms with Gasteiger partial charge in [0.2, 0.25) is 0 Å². The van der Waals surface area contributed by atoms with E-state index in [1.165, 1.54) is 17.4 Å². The van der Waals surface area contributed by atoms with Gasteiger partial charge in [-0.15, -0.1) is 0 Å². The lowest BCUT2D eigenvalue weighted by molar-refractivity contribution is -0.131. The lowest BCUT2D eigenvalue weighted by atomic mass is 10.2. The van der Waals surface area contributed by atoms with Crippen molar-refractivity contribution in [1.82, 2.24) is 4.31 Å². The topological polar surface area (TPSA) is 86.7 Å². The van der Waals surface area contributed by atoms with Crippen LogP contribution in [0.15, 0.2) is 30.3 Å². The van der Waals surface area contributed by atoms with Crippen molar-refractivity contribution in [3.63, 3.8) is 0 Å². The summed E-state index contributed by atoms with van der Waals surface area (Å²) in [5, 5.41) is 8.51. The lowest BCUT2D eigenvalue weighted by Crippen LogP contribution is -2.37. The molecule has 2 N–H and O–H groups in total. The number of carboxylic acids is 1. The quantitative estimate of drug-likeness (QED) is 0.784. The standard InChI is InChI=1S/C13H18N2O4S/c1-10(2)15(3)20(18,19)14-12-7-4-11(5-8-12)6-9-13(16)17/h4-10,14H,1-3H3,(H,16,17). The van der Waals surface area contributed by atoms with Crippen LogP contribution >= 0.6 is 0 Å². The number of aliphatic carboxylic acids is 1. The Balaban J connectivity index is 2.83. The van der Waals surface area contributed by atoms with Crippen molar-refractivity contribution in [2.24, 2.45) is 0 Å². The third-order valence-electron chi connectivity index (χ3n) is 2.68. The first kappa shape index (κ1) is 16.2. The molecule has 1 aromatic carbocycles. The highest BCUT2D eigenvalue weighted by Gasteiger charge is 2.19. The Morgan fingerprint density at radius 1 is 1.30 bits per heavy atom. The van der Waals surface area contributed by atoms with Crippen LogP contribution in [0.4, 0.5) is 5.69 Å². The molecule has 0 aliphatic heterocycles. The first-order chi connectivity index (χ1) is 9.22. The molecule has 0 saturated heterocycles. The lowest BCUT2D eigenvalue weighted by Gasteiger charge is -2.21. The van der Waals surface area contributed by atoms with Crippen molar-refractivity contribution in [1.29, 1.82) is 0 Å². The maximum atomic E-state index is 12.0. The molecule has 1 rings (SSSR count). The van der Waals surface area contributed by atoms with Crippen molar-refractivity contribution >= 4 is 27.9 Å². The van der Waals surface area contributed by atoms with Crippen LogP contribution in [-0.4, -0.2) is 36.9 Å². The summed E-state index contributed by atoms with van der Waals surface area (Å²) in [4.78, 5) is 10.4. The van der Waals surface area contributed by atoms with E-state index in [4.69, 9.17) is 5.11 Å². The number of hydrogen-bond acceptors (Lipinski definition) is 3. The Morgan fingerprint density at radius 2 is 1.85 bits per heavy atom. The molecule has 0 bridgehead atoms. The minimum absolute atomic E-state index is 0.148. The first-order valence-corrected chi connectivity index (χ1v) is 7.43.